The molecule has 1 N–H and O–H groups in total. The van der Waals surface area contributed by atoms with E-state index in [1.807, 2.05) is 22.6 Å². The van der Waals surface area contributed by atoms with Gasteiger partial charge >= 0.3 is 12.3 Å². The molecule has 1 aromatic heterocycles. The molecule has 1 aliphatic carbocycles. The van der Waals surface area contributed by atoms with Crippen molar-refractivity contribution in [1.29, 1.82) is 0 Å². The highest BCUT2D eigenvalue weighted by Gasteiger charge is 2.36. The maximum Gasteiger partial charge on any atom is 0.522 e. The van der Waals surface area contributed by atoms with Crippen molar-refractivity contribution in [3.63, 3.8) is 0 Å². The molecule has 0 spiro atoms. The van der Waals surface area contributed by atoms with Gasteiger partial charge < -0.3 is 19.3 Å². The van der Waals surface area contributed by atoms with Crippen molar-refractivity contribution < 1.29 is 32.5 Å². The fraction of sp³-hybridized carbons (Fsp3) is 0.500. The van der Waals surface area contributed by atoms with Gasteiger partial charge in [-0.15, -0.1) is 13.2 Å². The number of allylic oxidation sites excluding steroid dienone is 4. The Labute approximate surface area is 195 Å². The minimum Gasteiger partial charge on any atom is -0.497 e. The third-order valence-electron chi connectivity index (χ3n) is 5.81. The molecule has 0 fully saturated rings. The summed E-state index contributed by atoms with van der Waals surface area (Å²) in [5, 5.41) is 9.48. The largest absolute Gasteiger partial charge is 0.522 e. The molecule has 186 valence electrons. The van der Waals surface area contributed by atoms with Gasteiger partial charge in [0.1, 0.15) is 11.3 Å². The van der Waals surface area contributed by atoms with Gasteiger partial charge in [0, 0.05) is 38.7 Å². The van der Waals surface area contributed by atoms with Crippen molar-refractivity contribution in [1.82, 2.24) is 9.47 Å². The summed E-state index contributed by atoms with van der Waals surface area (Å²) in [5.74, 6) is -0.689. The molecule has 1 aliphatic heterocycles. The molecule has 7 nitrogen and oxygen atoms in total. The summed E-state index contributed by atoms with van der Waals surface area (Å²) in [6.07, 6.45) is 2.64. The van der Waals surface area contributed by atoms with E-state index in [-0.39, 0.29) is 30.0 Å². The van der Waals surface area contributed by atoms with Crippen molar-refractivity contribution >= 4 is 11.7 Å². The predicted octanol–water partition coefficient (Wildman–Crippen LogP) is 4.58. The van der Waals surface area contributed by atoms with Crippen molar-refractivity contribution in [2.45, 2.75) is 46.0 Å². The van der Waals surface area contributed by atoms with E-state index in [9.17, 15) is 27.9 Å². The monoisotopic (exact) mass is 482 g/mol. The molecule has 10 heteroatoms. The van der Waals surface area contributed by atoms with Crippen LogP contribution in [0.25, 0.3) is 5.70 Å². The first-order valence-electron chi connectivity index (χ1n) is 10.9. The van der Waals surface area contributed by atoms with E-state index in [2.05, 4.69) is 25.5 Å². The van der Waals surface area contributed by atoms with Crippen LogP contribution in [0.3, 0.4) is 0 Å². The second kappa shape index (κ2) is 9.69. The molecular formula is C24H29F3N2O5. The molecule has 1 aromatic rings. The first kappa shape index (κ1) is 25.6. The maximum atomic E-state index is 12.6. The second-order valence-electron chi connectivity index (χ2n) is 9.45. The Balaban J connectivity index is 1.90. The number of hydrogen-bond donors (Lipinski definition) is 1. The molecule has 1 atom stereocenters. The smallest absolute Gasteiger partial charge is 0.497 e. The van der Waals surface area contributed by atoms with E-state index in [0.717, 1.165) is 11.3 Å². The summed E-state index contributed by atoms with van der Waals surface area (Å²) in [7, 11) is 1.92. The van der Waals surface area contributed by atoms with E-state index in [1.54, 1.807) is 12.2 Å². The highest BCUT2D eigenvalue weighted by atomic mass is 19.4. The van der Waals surface area contributed by atoms with Crippen molar-refractivity contribution in [2.24, 2.45) is 5.41 Å². The van der Waals surface area contributed by atoms with E-state index < -0.39 is 24.4 Å². The Kier molecular flexibility index (Phi) is 7.30. The lowest BCUT2D eigenvalue weighted by Crippen LogP contribution is -2.42. The van der Waals surface area contributed by atoms with E-state index in [4.69, 9.17) is 4.74 Å². The van der Waals surface area contributed by atoms with Crippen LogP contribution in [0, 0.1) is 5.41 Å². The van der Waals surface area contributed by atoms with Gasteiger partial charge in [-0.1, -0.05) is 32.9 Å². The van der Waals surface area contributed by atoms with Gasteiger partial charge in [-0.2, -0.15) is 0 Å². The van der Waals surface area contributed by atoms with Crippen LogP contribution < -0.4 is 5.43 Å². The van der Waals surface area contributed by atoms with Gasteiger partial charge in [0.15, 0.2) is 5.43 Å². The highest BCUT2D eigenvalue weighted by molar-refractivity contribution is 5.87. The Morgan fingerprint density at radius 1 is 1.24 bits per heavy atom. The topological polar surface area (TPSA) is 81.0 Å². The number of alkyl halides is 3. The molecule has 0 saturated heterocycles. The van der Waals surface area contributed by atoms with Gasteiger partial charge in [0.05, 0.1) is 30.6 Å². The van der Waals surface area contributed by atoms with Crippen LogP contribution >= 0.6 is 0 Å². The zero-order valence-electron chi connectivity index (χ0n) is 19.6. The summed E-state index contributed by atoms with van der Waals surface area (Å²) in [6, 6.07) is 1.28. The number of carboxylic acid groups (broad SMARTS) is 1. The summed E-state index contributed by atoms with van der Waals surface area (Å²) in [5.41, 5.74) is 1.19. The third-order valence-corrected chi connectivity index (χ3v) is 5.81. The molecular weight excluding hydrogens is 453 g/mol. The SMILES string of the molecule is CN1CC(C(C)(C)C)n2cc(C(=O)O)c(=O)cc2/C1=C1\C=CC=C(OCCCOC(F)(F)F)C1. The molecule has 3 rings (SSSR count). The summed E-state index contributed by atoms with van der Waals surface area (Å²) >= 11 is 0. The number of nitrogens with zero attached hydrogens (tertiary/aromatic N) is 2. The average molecular weight is 482 g/mol. The number of pyridine rings is 1. The van der Waals surface area contributed by atoms with Gasteiger partial charge in [-0.3, -0.25) is 9.53 Å². The fourth-order valence-electron chi connectivity index (χ4n) is 4.18. The maximum absolute atomic E-state index is 12.6. The number of likely N-dealkylation sites (N-methyl/N-ethyl adjacent to an activating group) is 1. The van der Waals surface area contributed by atoms with Gasteiger partial charge in [-0.25, -0.2) is 4.79 Å². The van der Waals surface area contributed by atoms with Crippen LogP contribution in [-0.2, 0) is 9.47 Å². The van der Waals surface area contributed by atoms with E-state index >= 15 is 0 Å². The van der Waals surface area contributed by atoms with Crippen LogP contribution in [0.15, 0.2) is 46.6 Å². The third kappa shape index (κ3) is 5.91. The Bertz CT molecular complexity index is 1090. The lowest BCUT2D eigenvalue weighted by Gasteiger charge is -2.44. The average Bonchev–Trinajstić information content (AvgIpc) is 2.71. The van der Waals surface area contributed by atoms with Crippen LogP contribution in [0.2, 0.25) is 0 Å². The lowest BCUT2D eigenvalue weighted by atomic mass is 9.83. The molecule has 2 aliphatic rings. The molecule has 0 aromatic carbocycles. The summed E-state index contributed by atoms with van der Waals surface area (Å²) in [6.45, 7) is 6.36. The molecule has 0 saturated carbocycles. The summed E-state index contributed by atoms with van der Waals surface area (Å²) in [4.78, 5) is 26.2. The first-order valence-corrected chi connectivity index (χ1v) is 10.9. The van der Waals surface area contributed by atoms with Crippen molar-refractivity contribution in [2.75, 3.05) is 26.8 Å². The number of aromatic carboxylic acids is 1. The van der Waals surface area contributed by atoms with Crippen LogP contribution in [0.4, 0.5) is 13.2 Å². The van der Waals surface area contributed by atoms with Crippen LogP contribution in [0.5, 0.6) is 0 Å². The number of ether oxygens (including phenoxy) is 2. The predicted molar refractivity (Wildman–Crippen MR) is 120 cm³/mol. The van der Waals surface area contributed by atoms with Gasteiger partial charge in [0.2, 0.25) is 0 Å². The minimum atomic E-state index is -4.66. The number of rotatable bonds is 6. The Morgan fingerprint density at radius 2 is 1.94 bits per heavy atom. The quantitative estimate of drug-likeness (QED) is 0.598. The number of aromatic nitrogens is 1. The van der Waals surface area contributed by atoms with Crippen molar-refractivity contribution in [3.05, 3.63) is 63.3 Å². The normalized spacial score (nSPS) is 20.7. The zero-order valence-corrected chi connectivity index (χ0v) is 19.6. The number of hydrogen-bond acceptors (Lipinski definition) is 5. The van der Waals surface area contributed by atoms with E-state index in [0.29, 0.717) is 24.4 Å². The molecule has 1 unspecified atom stereocenters. The zero-order chi connectivity index (χ0) is 25.3. The second-order valence-corrected chi connectivity index (χ2v) is 9.45. The number of carboxylic acids is 1. The van der Waals surface area contributed by atoms with Crippen LogP contribution in [-0.4, -0.2) is 53.7 Å². The first-order chi connectivity index (χ1) is 15.8. The molecule has 0 bridgehead atoms. The van der Waals surface area contributed by atoms with Crippen molar-refractivity contribution in [3.8, 4) is 0 Å². The Hall–Kier alpha value is -3.01. The number of fused-ring (bicyclic) bond motifs is 1. The molecule has 2 heterocycles. The highest BCUT2D eigenvalue weighted by Crippen LogP contribution is 2.41. The molecule has 34 heavy (non-hydrogen) atoms. The van der Waals surface area contributed by atoms with Gasteiger partial charge in [0.25, 0.3) is 0 Å². The Morgan fingerprint density at radius 3 is 2.56 bits per heavy atom. The number of carbonyl (C=O) groups is 1. The lowest BCUT2D eigenvalue weighted by molar-refractivity contribution is -0.325. The van der Waals surface area contributed by atoms with Gasteiger partial charge in [-0.05, 0) is 17.1 Å². The molecule has 0 amide bonds. The fourth-order valence-corrected chi connectivity index (χ4v) is 4.18. The number of halogens is 3. The molecule has 0 radical (unpaired) electrons. The van der Waals surface area contributed by atoms with Crippen LogP contribution in [0.1, 0.15) is 55.7 Å². The minimum absolute atomic E-state index is 0.0678. The standard InChI is InChI=1S/C24H29F3N2O5/c1-23(2,3)20-14-28(4)21(18-12-19(30)17(22(31)32)13-29(18)20)15-7-5-8-16(11-15)33-9-6-10-34-24(25,26)27/h5,7-8,12-13,20H,6,9-11,14H2,1-4H3,(H,31,32)/b21-15-. The summed E-state index contributed by atoms with van der Waals surface area (Å²) < 4.78 is 47.6. The van der Waals surface area contributed by atoms with E-state index in [1.165, 1.54) is 12.3 Å².